The third-order valence-corrected chi connectivity index (χ3v) is 3.35. The van der Waals surface area contributed by atoms with E-state index >= 15 is 0 Å². The highest BCUT2D eigenvalue weighted by Gasteiger charge is 2.20. The Morgan fingerprint density at radius 2 is 2.05 bits per heavy atom. The molecule has 0 aliphatic rings. The Morgan fingerprint density at radius 3 is 2.65 bits per heavy atom. The average Bonchev–Trinajstić information content (AvgIpc) is 2.42. The first-order valence-electron chi connectivity index (χ1n) is 6.43. The Bertz CT molecular complexity index is 502. The van der Waals surface area contributed by atoms with Crippen molar-refractivity contribution in [2.45, 2.75) is 19.9 Å². The van der Waals surface area contributed by atoms with E-state index in [2.05, 4.69) is 10.6 Å². The minimum atomic E-state index is -0.423. The second kappa shape index (κ2) is 6.91. The van der Waals surface area contributed by atoms with E-state index in [4.69, 9.17) is 5.73 Å². The van der Waals surface area contributed by atoms with Crippen LogP contribution in [0.2, 0.25) is 0 Å². The molecule has 0 bridgehead atoms. The number of rotatable bonds is 5. The standard InChI is InChI=1S/C14H22N4O2/c1-9-11(15)6-5-7-12(9)17-14(20)10(2)18(4)8-13(19)16-3/h5-7,10H,8,15H2,1-4H3,(H,16,19)(H,17,20). The lowest BCUT2D eigenvalue weighted by atomic mass is 10.1. The molecule has 1 rings (SSSR count). The molecule has 0 aromatic heterocycles. The van der Waals surface area contributed by atoms with E-state index < -0.39 is 6.04 Å². The summed E-state index contributed by atoms with van der Waals surface area (Å²) in [5.74, 6) is -0.308. The summed E-state index contributed by atoms with van der Waals surface area (Å²) in [5.41, 5.74) is 7.96. The molecule has 110 valence electrons. The predicted molar refractivity (Wildman–Crippen MR) is 80.4 cm³/mol. The zero-order valence-corrected chi connectivity index (χ0v) is 12.4. The maximum Gasteiger partial charge on any atom is 0.241 e. The van der Waals surface area contributed by atoms with Gasteiger partial charge in [-0.1, -0.05) is 6.07 Å². The fourth-order valence-corrected chi connectivity index (χ4v) is 1.67. The van der Waals surface area contributed by atoms with Crippen LogP contribution in [0.5, 0.6) is 0 Å². The van der Waals surface area contributed by atoms with Gasteiger partial charge in [-0.2, -0.15) is 0 Å². The molecule has 1 aromatic carbocycles. The van der Waals surface area contributed by atoms with Crippen molar-refractivity contribution in [1.82, 2.24) is 10.2 Å². The number of carbonyl (C=O) groups excluding carboxylic acids is 2. The van der Waals surface area contributed by atoms with Gasteiger partial charge in [-0.25, -0.2) is 0 Å². The topological polar surface area (TPSA) is 87.5 Å². The van der Waals surface area contributed by atoms with Gasteiger partial charge in [-0.15, -0.1) is 0 Å². The minimum absolute atomic E-state index is 0.132. The van der Waals surface area contributed by atoms with Crippen LogP contribution >= 0.6 is 0 Å². The summed E-state index contributed by atoms with van der Waals surface area (Å²) in [6.45, 7) is 3.77. The van der Waals surface area contributed by atoms with Crippen LogP contribution in [0.25, 0.3) is 0 Å². The van der Waals surface area contributed by atoms with Crippen molar-refractivity contribution in [2.75, 3.05) is 31.7 Å². The maximum atomic E-state index is 12.2. The highest BCUT2D eigenvalue weighted by Crippen LogP contribution is 2.20. The van der Waals surface area contributed by atoms with Crippen LogP contribution in [0.1, 0.15) is 12.5 Å². The smallest absolute Gasteiger partial charge is 0.241 e. The molecule has 0 saturated carbocycles. The lowest BCUT2D eigenvalue weighted by Gasteiger charge is -2.23. The quantitative estimate of drug-likeness (QED) is 0.688. The van der Waals surface area contributed by atoms with Crippen LogP contribution < -0.4 is 16.4 Å². The molecule has 20 heavy (non-hydrogen) atoms. The molecule has 0 fully saturated rings. The van der Waals surface area contributed by atoms with Crippen molar-refractivity contribution in [1.29, 1.82) is 0 Å². The Kier molecular flexibility index (Phi) is 5.52. The van der Waals surface area contributed by atoms with Gasteiger partial charge in [0, 0.05) is 18.4 Å². The fraction of sp³-hybridized carbons (Fsp3) is 0.429. The lowest BCUT2D eigenvalue weighted by molar-refractivity contribution is -0.124. The molecule has 0 heterocycles. The van der Waals surface area contributed by atoms with Crippen molar-refractivity contribution in [3.8, 4) is 0 Å². The highest BCUT2D eigenvalue weighted by atomic mass is 16.2. The first kappa shape index (κ1) is 16.0. The zero-order valence-electron chi connectivity index (χ0n) is 12.4. The Morgan fingerprint density at radius 1 is 1.40 bits per heavy atom. The molecule has 4 N–H and O–H groups in total. The second-order valence-electron chi connectivity index (χ2n) is 4.77. The van der Waals surface area contributed by atoms with Gasteiger partial charge < -0.3 is 16.4 Å². The first-order chi connectivity index (χ1) is 9.36. The van der Waals surface area contributed by atoms with Crippen molar-refractivity contribution in [3.05, 3.63) is 23.8 Å². The van der Waals surface area contributed by atoms with Crippen LogP contribution in [0.4, 0.5) is 11.4 Å². The summed E-state index contributed by atoms with van der Waals surface area (Å²) in [6.07, 6.45) is 0. The molecular formula is C14H22N4O2. The third-order valence-electron chi connectivity index (χ3n) is 3.35. The van der Waals surface area contributed by atoms with Crippen LogP contribution in [0.15, 0.2) is 18.2 Å². The Hall–Kier alpha value is -2.08. The van der Waals surface area contributed by atoms with Gasteiger partial charge in [0.15, 0.2) is 0 Å². The van der Waals surface area contributed by atoms with Gasteiger partial charge in [0.05, 0.1) is 12.6 Å². The van der Waals surface area contributed by atoms with E-state index in [1.165, 1.54) is 0 Å². The normalized spacial score (nSPS) is 12.1. The summed E-state index contributed by atoms with van der Waals surface area (Å²) in [4.78, 5) is 25.1. The van der Waals surface area contributed by atoms with Gasteiger partial charge >= 0.3 is 0 Å². The molecule has 1 unspecified atom stereocenters. The summed E-state index contributed by atoms with van der Waals surface area (Å²) in [7, 11) is 3.29. The summed E-state index contributed by atoms with van der Waals surface area (Å²) >= 11 is 0. The van der Waals surface area contributed by atoms with Gasteiger partial charge in [0.25, 0.3) is 0 Å². The Labute approximate surface area is 119 Å². The number of likely N-dealkylation sites (N-methyl/N-ethyl adjacent to an activating group) is 2. The number of carbonyl (C=O) groups is 2. The van der Waals surface area contributed by atoms with Crippen molar-refractivity contribution in [2.24, 2.45) is 0 Å². The molecule has 6 nitrogen and oxygen atoms in total. The number of nitrogens with one attached hydrogen (secondary N) is 2. The first-order valence-corrected chi connectivity index (χ1v) is 6.43. The van der Waals surface area contributed by atoms with Crippen LogP contribution in [-0.4, -0.2) is 43.4 Å². The number of nitrogens with zero attached hydrogens (tertiary/aromatic N) is 1. The van der Waals surface area contributed by atoms with E-state index in [9.17, 15) is 9.59 Å². The van der Waals surface area contributed by atoms with Crippen molar-refractivity contribution in [3.63, 3.8) is 0 Å². The summed E-state index contributed by atoms with van der Waals surface area (Å²) in [6, 6.07) is 4.95. The summed E-state index contributed by atoms with van der Waals surface area (Å²) in [5, 5.41) is 5.36. The molecule has 6 heteroatoms. The zero-order chi connectivity index (χ0) is 15.3. The van der Waals surface area contributed by atoms with Crippen LogP contribution in [0.3, 0.4) is 0 Å². The number of anilines is 2. The summed E-state index contributed by atoms with van der Waals surface area (Å²) < 4.78 is 0. The lowest BCUT2D eigenvalue weighted by Crippen LogP contribution is -2.44. The molecule has 0 radical (unpaired) electrons. The molecule has 1 atom stereocenters. The monoisotopic (exact) mass is 278 g/mol. The Balaban J connectivity index is 2.70. The van der Waals surface area contributed by atoms with Crippen LogP contribution in [0, 0.1) is 6.92 Å². The van der Waals surface area contributed by atoms with E-state index in [1.54, 1.807) is 44.1 Å². The third kappa shape index (κ3) is 3.96. The predicted octanol–water partition coefficient (Wildman–Crippen LogP) is 0.582. The van der Waals surface area contributed by atoms with Crippen molar-refractivity contribution >= 4 is 23.2 Å². The average molecular weight is 278 g/mol. The fourth-order valence-electron chi connectivity index (χ4n) is 1.67. The highest BCUT2D eigenvalue weighted by molar-refractivity contribution is 5.96. The SMILES string of the molecule is CNC(=O)CN(C)C(C)C(=O)Nc1cccc(N)c1C. The molecule has 2 amide bonds. The van der Waals surface area contributed by atoms with Gasteiger partial charge in [-0.3, -0.25) is 14.5 Å². The molecule has 0 saturated heterocycles. The number of nitrogens with two attached hydrogens (primary N) is 1. The molecule has 0 aliphatic heterocycles. The number of nitrogen functional groups attached to an aromatic ring is 1. The van der Waals surface area contributed by atoms with Gasteiger partial charge in [0.2, 0.25) is 11.8 Å². The minimum Gasteiger partial charge on any atom is -0.398 e. The number of benzene rings is 1. The molecular weight excluding hydrogens is 256 g/mol. The largest absolute Gasteiger partial charge is 0.398 e. The van der Waals surface area contributed by atoms with Crippen LogP contribution in [-0.2, 0) is 9.59 Å². The molecule has 0 spiro atoms. The van der Waals surface area contributed by atoms with Gasteiger partial charge in [-0.05, 0) is 38.6 Å². The van der Waals surface area contributed by atoms with E-state index in [1.807, 2.05) is 6.92 Å². The number of hydrogen-bond acceptors (Lipinski definition) is 4. The number of amides is 2. The van der Waals surface area contributed by atoms with Gasteiger partial charge in [0.1, 0.15) is 0 Å². The second-order valence-corrected chi connectivity index (χ2v) is 4.77. The van der Waals surface area contributed by atoms with E-state index in [0.717, 1.165) is 5.56 Å². The van der Waals surface area contributed by atoms with E-state index in [-0.39, 0.29) is 18.4 Å². The molecule has 1 aromatic rings. The number of hydrogen-bond donors (Lipinski definition) is 3. The maximum absolute atomic E-state index is 12.2. The van der Waals surface area contributed by atoms with Crippen molar-refractivity contribution < 1.29 is 9.59 Å². The van der Waals surface area contributed by atoms with E-state index in [0.29, 0.717) is 11.4 Å². The molecule has 0 aliphatic carbocycles.